The monoisotopic (exact) mass is 464 g/mol. The lowest BCUT2D eigenvalue weighted by atomic mass is 9.90. The number of morpholine rings is 1. The Morgan fingerprint density at radius 1 is 1.00 bits per heavy atom. The number of nitrogens with one attached hydrogen (secondary N) is 1. The van der Waals surface area contributed by atoms with E-state index in [1.54, 1.807) is 0 Å². The fraction of sp³-hybridized carbons (Fsp3) is 0.500. The summed E-state index contributed by atoms with van der Waals surface area (Å²) in [7, 11) is -3.19. The summed E-state index contributed by atoms with van der Waals surface area (Å²) in [6, 6.07) is 19.0. The number of benzene rings is 2. The van der Waals surface area contributed by atoms with Crippen molar-refractivity contribution in [1.82, 2.24) is 9.62 Å². The van der Waals surface area contributed by atoms with Gasteiger partial charge in [-0.2, -0.15) is 0 Å². The van der Waals surface area contributed by atoms with E-state index in [-0.39, 0.29) is 18.2 Å². The molecule has 1 unspecified atom stereocenters. The third kappa shape index (κ3) is 7.88. The SMILES string of the molecule is Cl.O=S(=O)(CC1CC1)NCc1cccc(C(Cc2ccccc2)CN2CCOCC2)c1. The van der Waals surface area contributed by atoms with E-state index in [0.29, 0.717) is 18.4 Å². The van der Waals surface area contributed by atoms with Gasteiger partial charge in [0.1, 0.15) is 0 Å². The summed E-state index contributed by atoms with van der Waals surface area (Å²) in [6.45, 7) is 4.85. The molecule has 1 saturated heterocycles. The van der Waals surface area contributed by atoms with Gasteiger partial charge in [0.25, 0.3) is 0 Å². The van der Waals surface area contributed by atoms with Crippen molar-refractivity contribution in [3.8, 4) is 0 Å². The average molecular weight is 465 g/mol. The Hall–Kier alpha value is -1.44. The Morgan fingerprint density at radius 3 is 2.42 bits per heavy atom. The second-order valence-electron chi connectivity index (χ2n) is 8.59. The highest BCUT2D eigenvalue weighted by Crippen LogP contribution is 2.30. The summed E-state index contributed by atoms with van der Waals surface area (Å²) < 4.78 is 32.8. The van der Waals surface area contributed by atoms with Crippen LogP contribution in [0.1, 0.15) is 35.4 Å². The number of rotatable bonds is 10. The zero-order chi connectivity index (χ0) is 20.8. The van der Waals surface area contributed by atoms with Crippen LogP contribution in [-0.2, 0) is 27.7 Å². The minimum atomic E-state index is -3.19. The minimum Gasteiger partial charge on any atom is -0.379 e. The molecule has 0 aromatic heterocycles. The van der Waals surface area contributed by atoms with Gasteiger partial charge in [0, 0.05) is 32.1 Å². The van der Waals surface area contributed by atoms with E-state index >= 15 is 0 Å². The molecule has 2 aromatic carbocycles. The van der Waals surface area contributed by atoms with Gasteiger partial charge in [0.2, 0.25) is 10.0 Å². The molecular formula is C24H33ClN2O3S. The topological polar surface area (TPSA) is 58.6 Å². The highest BCUT2D eigenvalue weighted by molar-refractivity contribution is 7.89. The van der Waals surface area contributed by atoms with Crippen molar-refractivity contribution >= 4 is 22.4 Å². The van der Waals surface area contributed by atoms with Crippen molar-refractivity contribution in [2.45, 2.75) is 31.7 Å². The Kier molecular flexibility index (Phi) is 8.93. The second kappa shape index (κ2) is 11.4. The molecule has 1 aliphatic carbocycles. The van der Waals surface area contributed by atoms with Crippen molar-refractivity contribution in [3.05, 3.63) is 71.3 Å². The summed E-state index contributed by atoms with van der Waals surface area (Å²) in [5.74, 6) is 0.978. The first kappa shape index (κ1) is 24.2. The summed E-state index contributed by atoms with van der Waals surface area (Å²) in [6.07, 6.45) is 3.05. The molecule has 1 N–H and O–H groups in total. The molecule has 0 bridgehead atoms. The lowest BCUT2D eigenvalue weighted by Gasteiger charge is -2.31. The summed E-state index contributed by atoms with van der Waals surface area (Å²) in [5, 5.41) is 0. The van der Waals surface area contributed by atoms with Gasteiger partial charge in [-0.15, -0.1) is 12.4 Å². The lowest BCUT2D eigenvalue weighted by molar-refractivity contribution is 0.0350. The van der Waals surface area contributed by atoms with Crippen LogP contribution in [0.3, 0.4) is 0 Å². The molecule has 1 heterocycles. The molecule has 1 saturated carbocycles. The van der Waals surface area contributed by atoms with Crippen LogP contribution in [0.5, 0.6) is 0 Å². The predicted molar refractivity (Wildman–Crippen MR) is 127 cm³/mol. The van der Waals surface area contributed by atoms with E-state index in [1.807, 2.05) is 6.07 Å². The lowest BCUT2D eigenvalue weighted by Crippen LogP contribution is -2.39. The van der Waals surface area contributed by atoms with Gasteiger partial charge in [-0.1, -0.05) is 54.6 Å². The number of sulfonamides is 1. The summed E-state index contributed by atoms with van der Waals surface area (Å²) >= 11 is 0. The highest BCUT2D eigenvalue weighted by Gasteiger charge is 2.27. The molecule has 170 valence electrons. The van der Waals surface area contributed by atoms with E-state index in [9.17, 15) is 8.42 Å². The third-order valence-electron chi connectivity index (χ3n) is 5.98. The molecule has 31 heavy (non-hydrogen) atoms. The first-order valence-corrected chi connectivity index (χ1v) is 12.6. The van der Waals surface area contributed by atoms with Crippen molar-refractivity contribution in [2.75, 3.05) is 38.6 Å². The maximum atomic E-state index is 12.2. The van der Waals surface area contributed by atoms with Crippen LogP contribution in [0.15, 0.2) is 54.6 Å². The van der Waals surface area contributed by atoms with Gasteiger partial charge < -0.3 is 4.74 Å². The molecule has 2 fully saturated rings. The first-order valence-electron chi connectivity index (χ1n) is 11.0. The van der Waals surface area contributed by atoms with Crippen molar-refractivity contribution in [3.63, 3.8) is 0 Å². The van der Waals surface area contributed by atoms with E-state index in [1.165, 1.54) is 11.1 Å². The van der Waals surface area contributed by atoms with Crippen molar-refractivity contribution in [2.24, 2.45) is 5.92 Å². The van der Waals surface area contributed by atoms with Crippen LogP contribution >= 0.6 is 12.4 Å². The fourth-order valence-electron chi connectivity index (χ4n) is 4.09. The Morgan fingerprint density at radius 2 is 1.71 bits per heavy atom. The maximum absolute atomic E-state index is 12.2. The standard InChI is InChI=1S/C24H32N2O3S.ClH/c27-30(28,19-21-9-10-21)25-17-22-7-4-8-23(16-22)24(15-20-5-2-1-3-6-20)18-26-11-13-29-14-12-26;/h1-8,16,21,24-25H,9-15,17-19H2;1H. The zero-order valence-corrected chi connectivity index (χ0v) is 19.5. The Labute approximate surface area is 192 Å². The summed E-state index contributed by atoms with van der Waals surface area (Å²) in [4.78, 5) is 2.47. The number of hydrogen-bond donors (Lipinski definition) is 1. The molecule has 5 nitrogen and oxygen atoms in total. The van der Waals surface area contributed by atoms with Crippen LogP contribution < -0.4 is 4.72 Å². The largest absolute Gasteiger partial charge is 0.379 e. The smallest absolute Gasteiger partial charge is 0.212 e. The molecule has 7 heteroatoms. The van der Waals surface area contributed by atoms with Gasteiger partial charge in [-0.25, -0.2) is 13.1 Å². The number of hydrogen-bond acceptors (Lipinski definition) is 4. The second-order valence-corrected chi connectivity index (χ2v) is 10.4. The van der Waals surface area contributed by atoms with Crippen LogP contribution in [0, 0.1) is 5.92 Å². The van der Waals surface area contributed by atoms with E-state index in [4.69, 9.17) is 4.74 Å². The normalized spacial score (nSPS) is 18.3. The molecule has 1 aliphatic heterocycles. The Balaban J connectivity index is 0.00000272. The van der Waals surface area contributed by atoms with Gasteiger partial charge in [0.05, 0.1) is 19.0 Å². The first-order chi connectivity index (χ1) is 14.6. The van der Waals surface area contributed by atoms with Crippen LogP contribution in [0.4, 0.5) is 0 Å². The van der Waals surface area contributed by atoms with Gasteiger partial charge >= 0.3 is 0 Å². The molecule has 0 spiro atoms. The molecule has 0 radical (unpaired) electrons. The highest BCUT2D eigenvalue weighted by atomic mass is 35.5. The fourth-order valence-corrected chi connectivity index (χ4v) is 5.54. The van der Waals surface area contributed by atoms with Crippen LogP contribution in [0.25, 0.3) is 0 Å². The number of nitrogens with zero attached hydrogens (tertiary/aromatic N) is 1. The average Bonchev–Trinajstić information content (AvgIpc) is 3.57. The van der Waals surface area contributed by atoms with Gasteiger partial charge in [-0.05, 0) is 41.9 Å². The van der Waals surface area contributed by atoms with E-state index < -0.39 is 10.0 Å². The Bertz CT molecular complexity index is 913. The van der Waals surface area contributed by atoms with Crippen LogP contribution in [-0.4, -0.2) is 51.9 Å². The van der Waals surface area contributed by atoms with Gasteiger partial charge in [-0.3, -0.25) is 4.90 Å². The molecule has 4 rings (SSSR count). The van der Waals surface area contributed by atoms with E-state index in [0.717, 1.165) is 57.7 Å². The third-order valence-corrected chi connectivity index (χ3v) is 7.47. The minimum absolute atomic E-state index is 0. The zero-order valence-electron chi connectivity index (χ0n) is 17.9. The predicted octanol–water partition coefficient (Wildman–Crippen LogP) is 3.60. The van der Waals surface area contributed by atoms with Crippen LogP contribution in [0.2, 0.25) is 0 Å². The van der Waals surface area contributed by atoms with Crippen molar-refractivity contribution in [1.29, 1.82) is 0 Å². The van der Waals surface area contributed by atoms with Crippen molar-refractivity contribution < 1.29 is 13.2 Å². The number of ether oxygens (including phenoxy) is 1. The maximum Gasteiger partial charge on any atom is 0.212 e. The molecular weight excluding hydrogens is 432 g/mol. The molecule has 1 atom stereocenters. The van der Waals surface area contributed by atoms with E-state index in [2.05, 4.69) is 58.2 Å². The van der Waals surface area contributed by atoms with Gasteiger partial charge in [0.15, 0.2) is 0 Å². The molecule has 2 aliphatic rings. The quantitative estimate of drug-likeness (QED) is 0.583. The summed E-state index contributed by atoms with van der Waals surface area (Å²) in [5.41, 5.74) is 3.61. The molecule has 0 amide bonds. The molecule has 2 aromatic rings. The number of halogens is 1.